The predicted molar refractivity (Wildman–Crippen MR) is 50.9 cm³/mol. The molecule has 68 valence electrons. The van der Waals surface area contributed by atoms with Crippen molar-refractivity contribution in [3.63, 3.8) is 0 Å². The van der Waals surface area contributed by atoms with Crippen LogP contribution in [0.3, 0.4) is 0 Å². The molecule has 13 heavy (non-hydrogen) atoms. The molecule has 2 heterocycles. The Kier molecular flexibility index (Phi) is 2.33. The van der Waals surface area contributed by atoms with Crippen molar-refractivity contribution in [2.75, 3.05) is 13.1 Å². The largest absolute Gasteiger partial charge is 0.323 e. The fraction of sp³-hybridized carbons (Fsp3) is 0.333. The molecular weight excluding hydrogens is 164 g/mol. The molecule has 1 aromatic rings. The van der Waals surface area contributed by atoms with Crippen molar-refractivity contribution in [1.82, 2.24) is 15.3 Å². The van der Waals surface area contributed by atoms with Gasteiger partial charge in [-0.15, -0.1) is 0 Å². The molecule has 1 unspecified atom stereocenters. The number of nitrogens with two attached hydrogens (primary N) is 1. The van der Waals surface area contributed by atoms with E-state index in [4.69, 9.17) is 5.73 Å². The molecule has 0 fully saturated rings. The lowest BCUT2D eigenvalue weighted by molar-refractivity contribution is 0.661. The van der Waals surface area contributed by atoms with Crippen LogP contribution in [0.2, 0.25) is 0 Å². The predicted octanol–water partition coefficient (Wildman–Crippen LogP) is -0.210. The first-order valence-corrected chi connectivity index (χ1v) is 4.29. The molecule has 0 spiro atoms. The zero-order valence-electron chi connectivity index (χ0n) is 7.27. The highest BCUT2D eigenvalue weighted by atomic mass is 14.9. The number of rotatable bonds is 1. The molecule has 1 atom stereocenters. The van der Waals surface area contributed by atoms with Crippen molar-refractivity contribution in [3.8, 4) is 0 Å². The van der Waals surface area contributed by atoms with Gasteiger partial charge in [-0.3, -0.25) is 9.97 Å². The van der Waals surface area contributed by atoms with Crippen molar-refractivity contribution < 1.29 is 0 Å². The maximum atomic E-state index is 5.78. The molecule has 0 aliphatic carbocycles. The van der Waals surface area contributed by atoms with Crippen LogP contribution in [0.5, 0.6) is 0 Å². The smallest absolute Gasteiger partial charge is 0.0855 e. The molecule has 2 rings (SSSR count). The summed E-state index contributed by atoms with van der Waals surface area (Å²) in [5.41, 5.74) is 7.81. The summed E-state index contributed by atoms with van der Waals surface area (Å²) >= 11 is 0. The summed E-state index contributed by atoms with van der Waals surface area (Å²) < 4.78 is 0. The van der Waals surface area contributed by atoms with E-state index in [9.17, 15) is 0 Å². The van der Waals surface area contributed by atoms with Crippen LogP contribution in [0.15, 0.2) is 24.7 Å². The van der Waals surface area contributed by atoms with Crippen LogP contribution in [-0.4, -0.2) is 29.1 Å². The van der Waals surface area contributed by atoms with E-state index >= 15 is 0 Å². The van der Waals surface area contributed by atoms with E-state index in [2.05, 4.69) is 15.3 Å². The number of nitrogens with one attached hydrogen (secondary N) is 1. The summed E-state index contributed by atoms with van der Waals surface area (Å²) in [5.74, 6) is 0. The third-order valence-electron chi connectivity index (χ3n) is 2.00. The average molecular weight is 176 g/mol. The first-order chi connectivity index (χ1) is 6.36. The Bertz CT molecular complexity index is 307. The molecule has 0 radical (unpaired) electrons. The van der Waals surface area contributed by atoms with E-state index in [0.717, 1.165) is 24.4 Å². The Balaban J connectivity index is 2.26. The van der Waals surface area contributed by atoms with Crippen LogP contribution in [0, 0.1) is 0 Å². The van der Waals surface area contributed by atoms with E-state index in [1.165, 1.54) is 0 Å². The van der Waals surface area contributed by atoms with Gasteiger partial charge in [0.05, 0.1) is 11.9 Å². The lowest BCUT2D eigenvalue weighted by Crippen LogP contribution is -2.37. The molecule has 1 aromatic heterocycles. The van der Waals surface area contributed by atoms with Gasteiger partial charge < -0.3 is 11.1 Å². The second-order valence-corrected chi connectivity index (χ2v) is 3.08. The van der Waals surface area contributed by atoms with Gasteiger partial charge in [-0.1, -0.05) is 6.08 Å². The standard InChI is InChI=1S/C9H12N4/c10-8-3-7(4-12-5-8)9-6-11-1-2-13-9/h1-3,6,8,12H,4-5,10H2. The van der Waals surface area contributed by atoms with E-state index in [1.807, 2.05) is 6.08 Å². The van der Waals surface area contributed by atoms with Crippen LogP contribution in [0.4, 0.5) is 0 Å². The normalized spacial score (nSPS) is 22.5. The SMILES string of the molecule is NC1C=C(c2cnccn2)CNC1. The number of aromatic nitrogens is 2. The second kappa shape index (κ2) is 3.64. The lowest BCUT2D eigenvalue weighted by Gasteiger charge is -2.18. The van der Waals surface area contributed by atoms with Gasteiger partial charge in [0.15, 0.2) is 0 Å². The molecule has 0 amide bonds. The summed E-state index contributed by atoms with van der Waals surface area (Å²) in [5, 5.41) is 3.22. The van der Waals surface area contributed by atoms with Crippen LogP contribution < -0.4 is 11.1 Å². The van der Waals surface area contributed by atoms with E-state index in [1.54, 1.807) is 18.6 Å². The molecule has 1 aliphatic heterocycles. The fourth-order valence-electron chi connectivity index (χ4n) is 1.39. The zero-order valence-corrected chi connectivity index (χ0v) is 7.27. The quantitative estimate of drug-likeness (QED) is 0.621. The highest BCUT2D eigenvalue weighted by Crippen LogP contribution is 2.11. The monoisotopic (exact) mass is 176 g/mol. The molecule has 1 aliphatic rings. The van der Waals surface area contributed by atoms with Crippen molar-refractivity contribution in [2.24, 2.45) is 5.73 Å². The number of hydrogen-bond donors (Lipinski definition) is 2. The van der Waals surface area contributed by atoms with Gasteiger partial charge in [-0.2, -0.15) is 0 Å². The summed E-state index contributed by atoms with van der Waals surface area (Å²) in [6.45, 7) is 1.66. The maximum absolute atomic E-state index is 5.78. The van der Waals surface area contributed by atoms with Gasteiger partial charge in [0.1, 0.15) is 0 Å². The summed E-state index contributed by atoms with van der Waals surface area (Å²) in [6, 6.07) is 0.0887. The Morgan fingerprint density at radius 1 is 1.46 bits per heavy atom. The van der Waals surface area contributed by atoms with Crippen LogP contribution in [-0.2, 0) is 0 Å². The molecular formula is C9H12N4. The molecule has 0 saturated heterocycles. The third-order valence-corrected chi connectivity index (χ3v) is 2.00. The minimum atomic E-state index is 0.0887. The molecule has 3 N–H and O–H groups in total. The van der Waals surface area contributed by atoms with E-state index < -0.39 is 0 Å². The van der Waals surface area contributed by atoms with Gasteiger partial charge in [-0.25, -0.2) is 0 Å². The summed E-state index contributed by atoms with van der Waals surface area (Å²) in [6.07, 6.45) is 7.16. The molecule has 0 saturated carbocycles. The Hall–Kier alpha value is -1.26. The van der Waals surface area contributed by atoms with Crippen LogP contribution >= 0.6 is 0 Å². The van der Waals surface area contributed by atoms with E-state index in [-0.39, 0.29) is 6.04 Å². The van der Waals surface area contributed by atoms with Gasteiger partial charge in [0, 0.05) is 31.5 Å². The van der Waals surface area contributed by atoms with Crippen molar-refractivity contribution in [1.29, 1.82) is 0 Å². The third kappa shape index (κ3) is 1.91. The molecule has 0 aromatic carbocycles. The number of nitrogens with zero attached hydrogens (tertiary/aromatic N) is 2. The first-order valence-electron chi connectivity index (χ1n) is 4.29. The minimum absolute atomic E-state index is 0.0887. The maximum Gasteiger partial charge on any atom is 0.0855 e. The highest BCUT2D eigenvalue weighted by Gasteiger charge is 2.10. The minimum Gasteiger partial charge on any atom is -0.323 e. The Labute approximate surface area is 76.9 Å². The highest BCUT2D eigenvalue weighted by molar-refractivity contribution is 5.64. The Morgan fingerprint density at radius 2 is 2.38 bits per heavy atom. The Morgan fingerprint density at radius 3 is 3.08 bits per heavy atom. The van der Waals surface area contributed by atoms with Crippen molar-refractivity contribution >= 4 is 5.57 Å². The fourth-order valence-corrected chi connectivity index (χ4v) is 1.39. The van der Waals surface area contributed by atoms with Crippen LogP contribution in [0.25, 0.3) is 5.57 Å². The summed E-state index contributed by atoms with van der Waals surface area (Å²) in [7, 11) is 0. The molecule has 4 heteroatoms. The second-order valence-electron chi connectivity index (χ2n) is 3.08. The van der Waals surface area contributed by atoms with Gasteiger partial charge in [0.2, 0.25) is 0 Å². The zero-order chi connectivity index (χ0) is 9.10. The van der Waals surface area contributed by atoms with E-state index in [0.29, 0.717) is 0 Å². The molecule has 4 nitrogen and oxygen atoms in total. The topological polar surface area (TPSA) is 63.8 Å². The van der Waals surface area contributed by atoms with Gasteiger partial charge in [0.25, 0.3) is 0 Å². The average Bonchev–Trinajstić information content (AvgIpc) is 2.19. The first kappa shape index (κ1) is 8.34. The van der Waals surface area contributed by atoms with Crippen LogP contribution in [0.1, 0.15) is 5.69 Å². The lowest BCUT2D eigenvalue weighted by atomic mass is 10.1. The number of hydrogen-bond acceptors (Lipinski definition) is 4. The van der Waals surface area contributed by atoms with Gasteiger partial charge in [-0.05, 0) is 5.57 Å². The summed E-state index contributed by atoms with van der Waals surface area (Å²) in [4.78, 5) is 8.22. The van der Waals surface area contributed by atoms with Crippen molar-refractivity contribution in [2.45, 2.75) is 6.04 Å². The molecule has 0 bridgehead atoms. The van der Waals surface area contributed by atoms with Crippen molar-refractivity contribution in [3.05, 3.63) is 30.4 Å². The van der Waals surface area contributed by atoms with Gasteiger partial charge >= 0.3 is 0 Å².